The van der Waals surface area contributed by atoms with Crippen LogP contribution in [0, 0.1) is 29.1 Å². The Labute approximate surface area is 183 Å². The average Bonchev–Trinajstić information content (AvgIpc) is 3.39. The van der Waals surface area contributed by atoms with Crippen molar-refractivity contribution in [2.75, 3.05) is 0 Å². The van der Waals surface area contributed by atoms with Crippen molar-refractivity contribution < 1.29 is 22.0 Å². The molecule has 2 aliphatic carbocycles. The van der Waals surface area contributed by atoms with Crippen molar-refractivity contribution in [3.8, 4) is 0 Å². The van der Waals surface area contributed by atoms with E-state index in [9.17, 15) is 22.0 Å². The molecule has 0 amide bonds. The van der Waals surface area contributed by atoms with Crippen LogP contribution in [0.3, 0.4) is 0 Å². The van der Waals surface area contributed by atoms with Crippen LogP contribution in [0.15, 0.2) is 54.6 Å². The zero-order chi connectivity index (χ0) is 22.8. The Kier molecular flexibility index (Phi) is 4.74. The number of fused-ring (bicyclic) bond motifs is 2. The van der Waals surface area contributed by atoms with E-state index in [-0.39, 0.29) is 11.1 Å². The lowest BCUT2D eigenvalue weighted by atomic mass is 10.0. The summed E-state index contributed by atoms with van der Waals surface area (Å²) in [6, 6.07) is 15.3. The maximum atomic E-state index is 14.9. The Hall–Kier alpha value is -2.99. The van der Waals surface area contributed by atoms with Gasteiger partial charge in [-0.2, -0.15) is 0 Å². The van der Waals surface area contributed by atoms with Crippen molar-refractivity contribution in [3.63, 3.8) is 0 Å². The van der Waals surface area contributed by atoms with Crippen LogP contribution in [0.2, 0.25) is 13.1 Å². The van der Waals surface area contributed by atoms with Gasteiger partial charge in [-0.05, 0) is 33.4 Å². The lowest BCUT2D eigenvalue weighted by molar-refractivity contribution is 0.376. The first-order valence-electron chi connectivity index (χ1n) is 10.3. The number of halogens is 5. The van der Waals surface area contributed by atoms with E-state index >= 15 is 0 Å². The molecule has 0 heterocycles. The van der Waals surface area contributed by atoms with Gasteiger partial charge < -0.3 is 0 Å². The summed E-state index contributed by atoms with van der Waals surface area (Å²) in [6.07, 6.45) is 5.73. The maximum absolute atomic E-state index is 14.9. The van der Waals surface area contributed by atoms with E-state index in [4.69, 9.17) is 0 Å². The molecule has 0 saturated heterocycles. The molecule has 5 rings (SSSR count). The summed E-state index contributed by atoms with van der Waals surface area (Å²) in [5.41, 5.74) is 2.74. The largest absolute Gasteiger partial charge is 0.203 e. The van der Waals surface area contributed by atoms with E-state index < -0.39 is 48.3 Å². The van der Waals surface area contributed by atoms with Gasteiger partial charge in [-0.15, -0.1) is 0 Å². The monoisotopic (exact) mass is 454 g/mol. The fraction of sp³-hybridized carbons (Fsp3) is 0.154. The van der Waals surface area contributed by atoms with E-state index in [1.807, 2.05) is 48.5 Å². The number of hydrogen-bond acceptors (Lipinski definition) is 0. The molecule has 2 unspecified atom stereocenters. The highest BCUT2D eigenvalue weighted by Gasteiger charge is 2.47. The molecular formula is C26H19F5Si. The van der Waals surface area contributed by atoms with Crippen LogP contribution < -0.4 is 0 Å². The normalized spacial score (nSPS) is 19.2. The number of hydrogen-bond donors (Lipinski definition) is 0. The summed E-state index contributed by atoms with van der Waals surface area (Å²) in [5.74, 6) is -9.53. The Morgan fingerprint density at radius 2 is 1.19 bits per heavy atom. The van der Waals surface area contributed by atoms with Gasteiger partial charge in [0, 0.05) is 5.54 Å². The molecule has 0 nitrogen and oxygen atoms in total. The van der Waals surface area contributed by atoms with Crippen LogP contribution >= 0.6 is 0 Å². The fourth-order valence-electron chi connectivity index (χ4n) is 5.28. The van der Waals surface area contributed by atoms with Crippen LogP contribution in [-0.2, 0) is 0 Å². The van der Waals surface area contributed by atoms with E-state index in [1.54, 1.807) is 12.1 Å². The molecule has 32 heavy (non-hydrogen) atoms. The molecule has 0 bridgehead atoms. The van der Waals surface area contributed by atoms with Crippen LogP contribution in [0.1, 0.15) is 38.9 Å². The summed E-state index contributed by atoms with van der Waals surface area (Å²) in [6.45, 7) is 4.22. The zero-order valence-corrected chi connectivity index (χ0v) is 18.4. The molecule has 0 radical (unpaired) electrons. The number of allylic oxidation sites excluding steroid dienone is 2. The molecule has 3 aromatic rings. The first kappa shape index (κ1) is 20.9. The summed E-state index contributed by atoms with van der Waals surface area (Å²) < 4.78 is 71.8. The van der Waals surface area contributed by atoms with Gasteiger partial charge in [-0.3, -0.25) is 0 Å². The van der Waals surface area contributed by atoms with Crippen LogP contribution in [0.4, 0.5) is 22.0 Å². The molecule has 2 aliphatic rings. The first-order chi connectivity index (χ1) is 15.2. The average molecular weight is 455 g/mol. The highest BCUT2D eigenvalue weighted by molar-refractivity contribution is 6.82. The predicted molar refractivity (Wildman–Crippen MR) is 119 cm³/mol. The molecule has 0 fully saturated rings. The summed E-state index contributed by atoms with van der Waals surface area (Å²) in [7, 11) is -2.51. The Balaban J connectivity index is 1.73. The van der Waals surface area contributed by atoms with E-state index in [0.29, 0.717) is 0 Å². The van der Waals surface area contributed by atoms with Crippen LogP contribution in [0.5, 0.6) is 0 Å². The Morgan fingerprint density at radius 1 is 0.656 bits per heavy atom. The van der Waals surface area contributed by atoms with Gasteiger partial charge in [0.25, 0.3) is 0 Å². The molecule has 6 heteroatoms. The second-order valence-electron chi connectivity index (χ2n) is 8.89. The highest BCUT2D eigenvalue weighted by atomic mass is 28.3. The lowest BCUT2D eigenvalue weighted by Gasteiger charge is -2.38. The SMILES string of the molecule is C[Si](C)(C1C=Cc2ccccc21)C1C(c2c(F)c(F)c(F)c(F)c2F)=Cc2ccccc21. The zero-order valence-electron chi connectivity index (χ0n) is 17.4. The first-order valence-corrected chi connectivity index (χ1v) is 13.5. The summed E-state index contributed by atoms with van der Waals surface area (Å²) in [5, 5.41) is 0. The van der Waals surface area contributed by atoms with Crippen molar-refractivity contribution in [3.05, 3.63) is 112 Å². The third-order valence-corrected chi connectivity index (χ3v) is 11.0. The smallest absolute Gasteiger partial charge is 0.200 e. The number of rotatable bonds is 3. The fourth-order valence-corrected chi connectivity index (χ4v) is 9.39. The van der Waals surface area contributed by atoms with E-state index in [0.717, 1.165) is 22.3 Å². The summed E-state index contributed by atoms with van der Waals surface area (Å²) >= 11 is 0. The van der Waals surface area contributed by atoms with E-state index in [1.165, 1.54) is 0 Å². The molecule has 3 aromatic carbocycles. The molecule has 0 aromatic heterocycles. The van der Waals surface area contributed by atoms with Gasteiger partial charge in [0.2, 0.25) is 5.82 Å². The highest BCUT2D eigenvalue weighted by Crippen LogP contribution is 2.53. The van der Waals surface area contributed by atoms with Crippen molar-refractivity contribution in [1.29, 1.82) is 0 Å². The topological polar surface area (TPSA) is 0 Å². The van der Waals surface area contributed by atoms with Gasteiger partial charge in [0.05, 0.1) is 13.6 Å². The third kappa shape index (κ3) is 2.85. The molecule has 162 valence electrons. The van der Waals surface area contributed by atoms with E-state index in [2.05, 4.69) is 19.2 Å². The van der Waals surface area contributed by atoms with Gasteiger partial charge in [-0.1, -0.05) is 79.9 Å². The van der Waals surface area contributed by atoms with Crippen LogP contribution in [-0.4, -0.2) is 8.07 Å². The lowest BCUT2D eigenvalue weighted by Crippen LogP contribution is -2.41. The van der Waals surface area contributed by atoms with Gasteiger partial charge >= 0.3 is 0 Å². The molecular weight excluding hydrogens is 435 g/mol. The standard InChI is InChI=1S/C26H19F5Si/c1-32(2,19-12-11-14-7-3-5-9-16(14)19)26-17-10-6-4-8-15(17)13-18(26)20-21(27)23(29)25(31)24(30)22(20)28/h3-13,19,26H,1-2H3. The Morgan fingerprint density at radius 3 is 1.84 bits per heavy atom. The molecule has 0 saturated carbocycles. The predicted octanol–water partition coefficient (Wildman–Crippen LogP) is 7.62. The minimum Gasteiger partial charge on any atom is -0.203 e. The van der Waals surface area contributed by atoms with Gasteiger partial charge in [0.1, 0.15) is 0 Å². The maximum Gasteiger partial charge on any atom is 0.200 e. The second kappa shape index (κ2) is 7.27. The minimum absolute atomic E-state index is 0.0273. The second-order valence-corrected chi connectivity index (χ2v) is 13.7. The van der Waals surface area contributed by atoms with Crippen molar-refractivity contribution in [1.82, 2.24) is 0 Å². The third-order valence-electron chi connectivity index (χ3n) is 6.77. The number of benzene rings is 3. The van der Waals surface area contributed by atoms with Crippen molar-refractivity contribution in [2.45, 2.75) is 24.2 Å². The molecule has 0 spiro atoms. The van der Waals surface area contributed by atoms with Gasteiger partial charge in [-0.25, -0.2) is 22.0 Å². The van der Waals surface area contributed by atoms with Crippen LogP contribution in [0.25, 0.3) is 17.7 Å². The molecule has 0 aliphatic heterocycles. The quantitative estimate of drug-likeness (QED) is 0.165. The Bertz CT molecular complexity index is 1290. The van der Waals surface area contributed by atoms with Crippen molar-refractivity contribution >= 4 is 25.8 Å². The molecule has 2 atom stereocenters. The van der Waals surface area contributed by atoms with Gasteiger partial charge in [0.15, 0.2) is 23.3 Å². The molecule has 0 N–H and O–H groups in total. The van der Waals surface area contributed by atoms with Crippen molar-refractivity contribution in [2.24, 2.45) is 0 Å². The summed E-state index contributed by atoms with van der Waals surface area (Å²) in [4.78, 5) is 0. The minimum atomic E-state index is -2.51.